The normalized spacial score (nSPS) is 14.6. The van der Waals surface area contributed by atoms with Gasteiger partial charge in [-0.05, 0) is 91.3 Å². The molecule has 414 valence electrons. The smallest absolute Gasteiger partial charge is 0.317 e. The summed E-state index contributed by atoms with van der Waals surface area (Å²) in [6.45, 7) is 14.4. The molecular formula is C59H72BN11O7S. The van der Waals surface area contributed by atoms with Gasteiger partial charge in [-0.1, -0.05) is 80.3 Å². The molecule has 0 bridgehead atoms. The second-order valence-corrected chi connectivity index (χ2v) is 22.6. The molecule has 2 unspecified atom stereocenters. The molecule has 3 aromatic carbocycles. The number of aliphatic hydroxyl groups excluding tert-OH is 2. The van der Waals surface area contributed by atoms with E-state index in [1.54, 1.807) is 68.8 Å². The summed E-state index contributed by atoms with van der Waals surface area (Å²) in [5.74, 6) is 0.0534. The highest BCUT2D eigenvalue weighted by atomic mass is 32.1. The summed E-state index contributed by atoms with van der Waals surface area (Å²) < 4.78 is 2.90. The van der Waals surface area contributed by atoms with Crippen molar-refractivity contribution >= 4 is 76.8 Å². The molecule has 1 saturated heterocycles. The van der Waals surface area contributed by atoms with Gasteiger partial charge in [0.2, 0.25) is 11.8 Å². The Hall–Kier alpha value is -7.26. The van der Waals surface area contributed by atoms with Gasteiger partial charge in [-0.2, -0.15) is 0 Å². The number of carbonyl (C=O) groups is 3. The van der Waals surface area contributed by atoms with Gasteiger partial charge in [0.1, 0.15) is 19.7 Å². The van der Waals surface area contributed by atoms with Crippen molar-refractivity contribution in [3.05, 3.63) is 140 Å². The van der Waals surface area contributed by atoms with E-state index in [4.69, 9.17) is 12.8 Å². The van der Waals surface area contributed by atoms with E-state index in [1.807, 2.05) is 83.1 Å². The van der Waals surface area contributed by atoms with Crippen molar-refractivity contribution in [3.8, 4) is 16.9 Å². The number of pyridine rings is 2. The molecule has 2 aliphatic rings. The van der Waals surface area contributed by atoms with Crippen molar-refractivity contribution < 1.29 is 24.6 Å². The zero-order valence-electron chi connectivity index (χ0n) is 46.4. The monoisotopic (exact) mass is 1090 g/mol. The highest BCUT2D eigenvalue weighted by molar-refractivity contribution is 7.90. The molecule has 3 aromatic heterocycles. The number of nitrogens with zero attached hydrogens (tertiary/aromatic N) is 8. The van der Waals surface area contributed by atoms with Gasteiger partial charge in [0.05, 0.1) is 42.5 Å². The number of aromatic nitrogens is 4. The number of likely N-dealkylation sites (N-methyl/N-ethyl adjacent to an activating group) is 1. The van der Waals surface area contributed by atoms with Crippen LogP contribution in [0, 0.1) is 5.41 Å². The quantitative estimate of drug-likeness (QED) is 0.0443. The fourth-order valence-electron chi connectivity index (χ4n) is 9.81. The Balaban J connectivity index is 0.844. The van der Waals surface area contributed by atoms with E-state index >= 15 is 0 Å². The molecule has 1 aliphatic heterocycles. The van der Waals surface area contributed by atoms with Crippen LogP contribution in [0.2, 0.25) is 0 Å². The molecule has 5 N–H and O–H groups in total. The maximum Gasteiger partial charge on any atom is 0.317 e. The number of amides is 4. The van der Waals surface area contributed by atoms with Crippen molar-refractivity contribution in [2.45, 2.75) is 85.6 Å². The maximum absolute atomic E-state index is 14.2. The largest absolute Gasteiger partial charge is 0.392 e. The lowest BCUT2D eigenvalue weighted by molar-refractivity contribution is -0.141. The zero-order chi connectivity index (χ0) is 56.9. The Morgan fingerprint density at radius 3 is 2.32 bits per heavy atom. The number of aliphatic hydroxyl groups is 2. The molecule has 6 aromatic rings. The summed E-state index contributed by atoms with van der Waals surface area (Å²) in [7, 11) is 9.77. The van der Waals surface area contributed by atoms with Gasteiger partial charge in [0, 0.05) is 100 Å². The van der Waals surface area contributed by atoms with Crippen LogP contribution in [0.4, 0.5) is 22.1 Å². The second-order valence-electron chi connectivity index (χ2n) is 22.1. The number of hydrogen-bond donors (Lipinski definition) is 6. The lowest BCUT2D eigenvalue weighted by Gasteiger charge is -2.37. The molecule has 2 fully saturated rings. The van der Waals surface area contributed by atoms with Gasteiger partial charge >= 0.3 is 6.03 Å². The molecule has 4 amide bonds. The Bertz CT molecular complexity index is 3360. The average Bonchev–Trinajstić information content (AvgIpc) is 4.37. The van der Waals surface area contributed by atoms with E-state index in [0.717, 1.165) is 64.2 Å². The standard InChI is InChI=1S/C59H72BN11O7S/c1-36(2)52(79)40-14-12-38(13-15-40)30-62-50(74)34-70(32-37(3)73)56(76)53(59(4,5)6)65-58(78)66(7)22-23-68-24-26-69(27-25-68)43-18-19-49(61-31-43)64-54-57(77)67(8)33-47(63-54)44-10-9-11-48(45(44)35-72)71-21-20-41-28-42(39-16-17-39)29-46(60)51(41)55(71)75/h9-15,18-21,28-29,31,33,37,39,53,72-73,79H,16-17,22-27,30,32,34-35H2,1-8H3,(H,62,74)(H,65,78)(H,61,63,64). The topological polar surface area (TPSA) is 210 Å². The van der Waals surface area contributed by atoms with Crippen molar-refractivity contribution in [3.63, 3.8) is 0 Å². The Kier molecular flexibility index (Phi) is 18.2. The average molecular weight is 1090 g/mol. The number of carbonyl (C=O) groups excluding carboxylic acids is 3. The lowest BCUT2D eigenvalue weighted by atomic mass is 9.85. The summed E-state index contributed by atoms with van der Waals surface area (Å²) in [6.07, 6.45) is 6.35. The number of anilines is 3. The molecule has 79 heavy (non-hydrogen) atoms. The van der Waals surface area contributed by atoms with Crippen LogP contribution in [0.5, 0.6) is 0 Å². The summed E-state index contributed by atoms with van der Waals surface area (Å²) >= 11 is 4.57. The summed E-state index contributed by atoms with van der Waals surface area (Å²) in [4.78, 5) is 86.1. The second kappa shape index (κ2) is 24.8. The number of benzene rings is 3. The van der Waals surface area contributed by atoms with Crippen molar-refractivity contribution in [1.82, 2.24) is 44.4 Å². The van der Waals surface area contributed by atoms with Crippen molar-refractivity contribution in [2.75, 3.05) is 69.6 Å². The molecule has 8 rings (SSSR count). The van der Waals surface area contributed by atoms with Gasteiger partial charge in [-0.25, -0.2) is 14.8 Å². The van der Waals surface area contributed by atoms with Gasteiger partial charge in [0.15, 0.2) is 5.82 Å². The highest BCUT2D eigenvalue weighted by Gasteiger charge is 2.37. The van der Waals surface area contributed by atoms with E-state index in [2.05, 4.69) is 43.4 Å². The molecule has 18 nitrogen and oxygen atoms in total. The number of thiol groups is 1. The third-order valence-corrected chi connectivity index (χ3v) is 15.3. The third-order valence-electron chi connectivity index (χ3n) is 14.6. The van der Waals surface area contributed by atoms with Gasteiger partial charge in [-0.3, -0.25) is 28.6 Å². The van der Waals surface area contributed by atoms with E-state index < -0.39 is 42.0 Å². The van der Waals surface area contributed by atoms with Crippen LogP contribution in [0.3, 0.4) is 0 Å². The molecule has 20 heteroatoms. The van der Waals surface area contributed by atoms with Crippen LogP contribution in [0.1, 0.15) is 82.6 Å². The minimum atomic E-state index is -0.988. The molecule has 2 radical (unpaired) electrons. The third kappa shape index (κ3) is 14.0. The number of urea groups is 1. The number of nitrogens with one attached hydrogen (secondary N) is 3. The van der Waals surface area contributed by atoms with E-state index in [-0.39, 0.29) is 36.6 Å². The fraction of sp³-hybridized carbons (Fsp3) is 0.407. The predicted molar refractivity (Wildman–Crippen MR) is 316 cm³/mol. The van der Waals surface area contributed by atoms with Crippen LogP contribution >= 0.6 is 12.6 Å². The zero-order valence-corrected chi connectivity index (χ0v) is 47.3. The van der Waals surface area contributed by atoms with Gasteiger partial charge < -0.3 is 45.4 Å². The van der Waals surface area contributed by atoms with E-state index in [9.17, 15) is 34.2 Å². The number of aryl methyl sites for hydroxylation is 1. The summed E-state index contributed by atoms with van der Waals surface area (Å²) in [6, 6.07) is 21.1. The van der Waals surface area contributed by atoms with Crippen LogP contribution in [-0.2, 0) is 29.8 Å². The number of allylic oxidation sites excluding steroid dienone is 1. The Labute approximate surface area is 468 Å². The molecule has 2 atom stereocenters. The van der Waals surface area contributed by atoms with Crippen LogP contribution in [-0.4, -0.2) is 141 Å². The molecule has 1 aliphatic carbocycles. The predicted octanol–water partition coefficient (Wildman–Crippen LogP) is 5.44. The summed E-state index contributed by atoms with van der Waals surface area (Å²) in [5.41, 5.74) is 5.85. The lowest BCUT2D eigenvalue weighted by Crippen LogP contribution is -2.59. The number of fused-ring (bicyclic) bond motifs is 1. The fourth-order valence-corrected chi connectivity index (χ4v) is 9.95. The molecule has 0 spiro atoms. The van der Waals surface area contributed by atoms with Gasteiger partial charge in [0.25, 0.3) is 11.1 Å². The number of piperazine rings is 1. The minimum absolute atomic E-state index is 0.0319. The molecular weight excluding hydrogens is 1020 g/mol. The Morgan fingerprint density at radius 1 is 0.962 bits per heavy atom. The van der Waals surface area contributed by atoms with Crippen LogP contribution in [0.25, 0.3) is 32.6 Å². The van der Waals surface area contributed by atoms with Crippen molar-refractivity contribution in [1.29, 1.82) is 0 Å². The van der Waals surface area contributed by atoms with Crippen LogP contribution in [0.15, 0.2) is 107 Å². The van der Waals surface area contributed by atoms with E-state index in [0.29, 0.717) is 71.3 Å². The maximum atomic E-state index is 14.2. The molecule has 4 heterocycles. The number of hydrogen-bond acceptors (Lipinski definition) is 13. The van der Waals surface area contributed by atoms with Crippen LogP contribution < -0.4 is 37.4 Å². The first kappa shape index (κ1) is 57.9. The van der Waals surface area contributed by atoms with Crippen molar-refractivity contribution in [2.24, 2.45) is 12.5 Å². The van der Waals surface area contributed by atoms with E-state index in [1.165, 1.54) is 14.0 Å². The highest BCUT2D eigenvalue weighted by Crippen LogP contribution is 2.40. The number of rotatable bonds is 19. The SMILES string of the molecule is [B]c1cc(C2CC2)cc2ccn(-c3cccc(-c4cn(C)c(=O)c(Nc5ccc(N6CCN(CCN(C)C(=O)NC(C(=O)N(CC(=O)NCc7ccc(C(S)=C(C)C)cc7)CC(C)O)C(C)(C)C)CC6)cn5)n4)c3CO)c(=O)c12. The summed E-state index contributed by atoms with van der Waals surface area (Å²) in [5, 5.41) is 31.2. The van der Waals surface area contributed by atoms with Gasteiger partial charge in [-0.15, -0.1) is 12.6 Å². The Morgan fingerprint density at radius 2 is 1.68 bits per heavy atom. The first-order valence-corrected chi connectivity index (χ1v) is 27.2. The first-order valence-electron chi connectivity index (χ1n) is 26.8. The molecule has 1 saturated carbocycles. The first-order chi connectivity index (χ1) is 37.6. The minimum Gasteiger partial charge on any atom is -0.392 e.